The van der Waals surface area contributed by atoms with E-state index in [2.05, 4.69) is 34.6 Å². The number of rotatable bonds is 3. The van der Waals surface area contributed by atoms with Crippen LogP contribution in [0.4, 0.5) is 5.82 Å². The summed E-state index contributed by atoms with van der Waals surface area (Å²) in [5.41, 5.74) is 7.18. The molecule has 3 nitrogen and oxygen atoms in total. The Morgan fingerprint density at radius 2 is 2.06 bits per heavy atom. The van der Waals surface area contributed by atoms with Gasteiger partial charge in [0.2, 0.25) is 0 Å². The second kappa shape index (κ2) is 5.27. The van der Waals surface area contributed by atoms with E-state index in [9.17, 15) is 0 Å². The number of anilines is 1. The van der Waals surface area contributed by atoms with Crippen molar-refractivity contribution in [1.82, 2.24) is 9.78 Å². The summed E-state index contributed by atoms with van der Waals surface area (Å²) < 4.78 is 2.85. The van der Waals surface area contributed by atoms with Crippen molar-refractivity contribution in [3.63, 3.8) is 0 Å². The molecule has 0 bridgehead atoms. The van der Waals surface area contributed by atoms with Gasteiger partial charge in [-0.25, -0.2) is 4.68 Å². The summed E-state index contributed by atoms with van der Waals surface area (Å²) in [6.45, 7) is 2.12. The molecule has 1 aromatic carbocycles. The van der Waals surface area contributed by atoms with Gasteiger partial charge in [0.15, 0.2) is 0 Å². The Kier molecular flexibility index (Phi) is 3.93. The normalized spacial score (nSPS) is 12.6. The van der Waals surface area contributed by atoms with Crippen molar-refractivity contribution in [2.24, 2.45) is 0 Å². The first-order valence-electron chi connectivity index (χ1n) is 5.37. The number of nitrogens with zero attached hydrogens (tertiary/aromatic N) is 2. The van der Waals surface area contributed by atoms with E-state index in [-0.39, 0.29) is 6.04 Å². The lowest BCUT2D eigenvalue weighted by atomic mass is 10.1. The molecule has 2 N–H and O–H groups in total. The minimum Gasteiger partial charge on any atom is -0.383 e. The van der Waals surface area contributed by atoms with E-state index < -0.39 is 0 Å². The van der Waals surface area contributed by atoms with Crippen LogP contribution in [0.5, 0.6) is 0 Å². The number of benzene rings is 1. The van der Waals surface area contributed by atoms with E-state index in [4.69, 9.17) is 17.3 Å². The fraction of sp³-hybridized carbons (Fsp3) is 0.250. The van der Waals surface area contributed by atoms with Crippen LogP contribution < -0.4 is 5.73 Å². The molecule has 5 heteroatoms. The van der Waals surface area contributed by atoms with Gasteiger partial charge in [-0.05, 0) is 46.7 Å². The largest absolute Gasteiger partial charge is 0.383 e. The third kappa shape index (κ3) is 2.57. The highest BCUT2D eigenvalue weighted by Crippen LogP contribution is 2.27. The molecule has 0 amide bonds. The molecule has 0 saturated carbocycles. The van der Waals surface area contributed by atoms with Crippen molar-refractivity contribution in [1.29, 1.82) is 0 Å². The molecule has 17 heavy (non-hydrogen) atoms. The maximum atomic E-state index is 6.01. The van der Waals surface area contributed by atoms with Gasteiger partial charge in [-0.2, -0.15) is 5.10 Å². The van der Waals surface area contributed by atoms with E-state index in [0.29, 0.717) is 5.82 Å². The fourth-order valence-corrected chi connectivity index (χ4v) is 2.33. The van der Waals surface area contributed by atoms with Gasteiger partial charge in [-0.15, -0.1) is 0 Å². The van der Waals surface area contributed by atoms with Crippen molar-refractivity contribution in [3.05, 3.63) is 44.6 Å². The third-order valence-corrected chi connectivity index (χ3v) is 3.81. The minimum absolute atomic E-state index is 0.163. The summed E-state index contributed by atoms with van der Waals surface area (Å²) in [4.78, 5) is 0. The number of hydrogen-bond acceptors (Lipinski definition) is 2. The van der Waals surface area contributed by atoms with E-state index in [1.54, 1.807) is 6.20 Å². The Morgan fingerprint density at radius 3 is 2.53 bits per heavy atom. The van der Waals surface area contributed by atoms with E-state index in [0.717, 1.165) is 15.0 Å². The lowest BCUT2D eigenvalue weighted by molar-refractivity contribution is 0.516. The van der Waals surface area contributed by atoms with Crippen molar-refractivity contribution in [2.75, 3.05) is 5.73 Å². The molecular formula is C12H13ClIN3. The molecule has 1 atom stereocenters. The highest BCUT2D eigenvalue weighted by atomic mass is 127. The molecule has 0 aliphatic rings. The monoisotopic (exact) mass is 361 g/mol. The Bertz CT molecular complexity index is 507. The second-order valence-electron chi connectivity index (χ2n) is 3.80. The molecule has 0 radical (unpaired) electrons. The quantitative estimate of drug-likeness (QED) is 0.847. The van der Waals surface area contributed by atoms with Gasteiger partial charge in [-0.1, -0.05) is 30.7 Å². The van der Waals surface area contributed by atoms with Crippen molar-refractivity contribution in [2.45, 2.75) is 19.4 Å². The summed E-state index contributed by atoms with van der Waals surface area (Å²) in [7, 11) is 0. The van der Waals surface area contributed by atoms with Crippen molar-refractivity contribution < 1.29 is 0 Å². The molecule has 1 unspecified atom stereocenters. The molecule has 2 rings (SSSR count). The first-order valence-corrected chi connectivity index (χ1v) is 6.83. The first kappa shape index (κ1) is 12.7. The summed E-state index contributed by atoms with van der Waals surface area (Å²) in [6, 6.07) is 7.99. The fourth-order valence-electron chi connectivity index (χ4n) is 1.83. The average molecular weight is 362 g/mol. The van der Waals surface area contributed by atoms with Gasteiger partial charge in [0, 0.05) is 5.02 Å². The smallest absolute Gasteiger partial charge is 0.135 e. The molecule has 0 aliphatic heterocycles. The standard InChI is InChI=1S/C12H13ClIN3/c1-2-11(8-3-5-9(13)6-4-8)17-12(15)10(14)7-16-17/h3-7,11H,2,15H2,1H3. The number of aromatic nitrogens is 2. The van der Waals surface area contributed by atoms with Crippen LogP contribution in [0.15, 0.2) is 30.5 Å². The van der Waals surface area contributed by atoms with Crippen molar-refractivity contribution >= 4 is 40.0 Å². The molecule has 90 valence electrons. The topological polar surface area (TPSA) is 43.8 Å². The molecular weight excluding hydrogens is 349 g/mol. The lowest BCUT2D eigenvalue weighted by Crippen LogP contribution is -2.14. The number of halogens is 2. The zero-order chi connectivity index (χ0) is 12.4. The van der Waals surface area contributed by atoms with E-state index >= 15 is 0 Å². The second-order valence-corrected chi connectivity index (χ2v) is 5.40. The first-order chi connectivity index (χ1) is 8.13. The van der Waals surface area contributed by atoms with E-state index in [1.165, 1.54) is 5.56 Å². The number of hydrogen-bond donors (Lipinski definition) is 1. The molecule has 0 spiro atoms. The van der Waals surface area contributed by atoms with Crippen LogP contribution in [-0.4, -0.2) is 9.78 Å². The molecule has 1 aromatic heterocycles. The Morgan fingerprint density at radius 1 is 1.41 bits per heavy atom. The van der Waals surface area contributed by atoms with Gasteiger partial charge >= 0.3 is 0 Å². The minimum atomic E-state index is 0.163. The molecule has 0 saturated heterocycles. The van der Waals surface area contributed by atoms with Crippen LogP contribution in [0.25, 0.3) is 0 Å². The van der Waals surface area contributed by atoms with Crippen LogP contribution >= 0.6 is 34.2 Å². The van der Waals surface area contributed by atoms with Gasteiger partial charge in [-0.3, -0.25) is 0 Å². The maximum absolute atomic E-state index is 6.01. The summed E-state index contributed by atoms with van der Waals surface area (Å²) in [6.07, 6.45) is 2.72. The highest BCUT2D eigenvalue weighted by Gasteiger charge is 2.16. The number of nitrogens with two attached hydrogens (primary N) is 1. The van der Waals surface area contributed by atoms with Crippen molar-refractivity contribution in [3.8, 4) is 0 Å². The molecule has 1 heterocycles. The third-order valence-electron chi connectivity index (χ3n) is 2.72. The Balaban J connectivity index is 2.40. The molecule has 0 fully saturated rings. The van der Waals surface area contributed by atoms with Crippen LogP contribution in [0, 0.1) is 3.57 Å². The van der Waals surface area contributed by atoms with Gasteiger partial charge in [0.05, 0.1) is 15.8 Å². The van der Waals surface area contributed by atoms with Gasteiger partial charge < -0.3 is 5.73 Å². The van der Waals surface area contributed by atoms with Crippen LogP contribution in [0.3, 0.4) is 0 Å². The summed E-state index contributed by atoms with van der Waals surface area (Å²) in [5, 5.41) is 5.08. The molecule has 2 aromatic rings. The zero-order valence-corrected chi connectivity index (χ0v) is 12.3. The van der Waals surface area contributed by atoms with Crippen LogP contribution in [0.2, 0.25) is 5.02 Å². The lowest BCUT2D eigenvalue weighted by Gasteiger charge is -2.17. The summed E-state index contributed by atoms with van der Waals surface area (Å²) in [5.74, 6) is 0.715. The number of nitrogen functional groups attached to an aromatic ring is 1. The SMILES string of the molecule is CCC(c1ccc(Cl)cc1)n1ncc(I)c1N. The highest BCUT2D eigenvalue weighted by molar-refractivity contribution is 14.1. The zero-order valence-electron chi connectivity index (χ0n) is 9.40. The Labute approximate surface area is 119 Å². The molecule has 0 aliphatic carbocycles. The average Bonchev–Trinajstić information content (AvgIpc) is 2.65. The predicted molar refractivity (Wildman–Crippen MR) is 79.2 cm³/mol. The van der Waals surface area contributed by atoms with E-state index in [1.807, 2.05) is 28.9 Å². The Hall–Kier alpha value is -0.750. The van der Waals surface area contributed by atoms with Gasteiger partial charge in [0.25, 0.3) is 0 Å². The maximum Gasteiger partial charge on any atom is 0.135 e. The summed E-state index contributed by atoms with van der Waals surface area (Å²) >= 11 is 8.08. The van der Waals surface area contributed by atoms with Gasteiger partial charge in [0.1, 0.15) is 5.82 Å². The van der Waals surface area contributed by atoms with Crippen LogP contribution in [0.1, 0.15) is 24.9 Å². The van der Waals surface area contributed by atoms with Crippen LogP contribution in [-0.2, 0) is 0 Å². The predicted octanol–water partition coefficient (Wildman–Crippen LogP) is 3.72.